The molecule has 0 bridgehead atoms. The second-order valence-corrected chi connectivity index (χ2v) is 7.02. The highest BCUT2D eigenvalue weighted by molar-refractivity contribution is 7.89. The highest BCUT2D eigenvalue weighted by atomic mass is 32.2. The zero-order chi connectivity index (χ0) is 13.5. The third-order valence-corrected chi connectivity index (χ3v) is 5.51. The van der Waals surface area contributed by atoms with E-state index in [0.717, 1.165) is 18.7 Å². The zero-order valence-electron chi connectivity index (χ0n) is 10.9. The summed E-state index contributed by atoms with van der Waals surface area (Å²) >= 11 is 0. The molecular weight excluding hydrogens is 264 g/mol. The Balaban J connectivity index is 1.91. The Morgan fingerprint density at radius 2 is 2.11 bits per heavy atom. The summed E-state index contributed by atoms with van der Waals surface area (Å²) in [4.78, 5) is 0.393. The molecule has 19 heavy (non-hydrogen) atoms. The minimum Gasteiger partial charge on any atom is -0.376 e. The molecule has 1 aromatic carbocycles. The van der Waals surface area contributed by atoms with Crippen molar-refractivity contribution in [1.82, 2.24) is 9.62 Å². The molecule has 104 valence electrons. The minimum atomic E-state index is -3.39. The van der Waals surface area contributed by atoms with Gasteiger partial charge in [-0.2, -0.15) is 4.31 Å². The first kappa shape index (κ1) is 13.1. The molecule has 1 saturated heterocycles. The smallest absolute Gasteiger partial charge is 0.243 e. The first-order chi connectivity index (χ1) is 9.07. The van der Waals surface area contributed by atoms with Gasteiger partial charge in [0, 0.05) is 26.2 Å². The van der Waals surface area contributed by atoms with Crippen molar-refractivity contribution in [2.75, 3.05) is 19.7 Å². The lowest BCUT2D eigenvalue weighted by atomic mass is 10.1. The summed E-state index contributed by atoms with van der Waals surface area (Å²) in [7, 11) is -3.39. The average molecular weight is 282 g/mol. The highest BCUT2D eigenvalue weighted by Gasteiger charge is 2.29. The van der Waals surface area contributed by atoms with Crippen molar-refractivity contribution in [1.29, 1.82) is 0 Å². The van der Waals surface area contributed by atoms with Crippen molar-refractivity contribution in [2.45, 2.75) is 31.0 Å². The summed E-state index contributed by atoms with van der Waals surface area (Å²) in [5.74, 6) is 0. The molecule has 2 aliphatic heterocycles. The Morgan fingerprint density at radius 1 is 1.32 bits per heavy atom. The molecule has 5 nitrogen and oxygen atoms in total. The summed E-state index contributed by atoms with van der Waals surface area (Å²) in [6.45, 7) is 4.79. The lowest BCUT2D eigenvalue weighted by molar-refractivity contribution is 0.0102. The first-order valence-corrected chi connectivity index (χ1v) is 7.95. The predicted octanol–water partition coefficient (Wildman–Crippen LogP) is 0.699. The van der Waals surface area contributed by atoms with Crippen LogP contribution < -0.4 is 5.32 Å². The van der Waals surface area contributed by atoms with Gasteiger partial charge in [0.15, 0.2) is 0 Å². The molecular formula is C13H18N2O3S. The Kier molecular flexibility index (Phi) is 3.34. The van der Waals surface area contributed by atoms with Gasteiger partial charge in [-0.3, -0.25) is 0 Å². The number of hydrogen-bond acceptors (Lipinski definition) is 4. The van der Waals surface area contributed by atoms with Crippen LogP contribution in [0.3, 0.4) is 0 Å². The van der Waals surface area contributed by atoms with Gasteiger partial charge in [-0.05, 0) is 30.2 Å². The van der Waals surface area contributed by atoms with Crippen molar-refractivity contribution in [2.24, 2.45) is 0 Å². The van der Waals surface area contributed by atoms with Crippen LogP contribution in [0.5, 0.6) is 0 Å². The molecule has 0 saturated carbocycles. The van der Waals surface area contributed by atoms with Crippen LogP contribution in [0, 0.1) is 0 Å². The van der Waals surface area contributed by atoms with Gasteiger partial charge in [0.2, 0.25) is 10.0 Å². The molecule has 1 atom stereocenters. The van der Waals surface area contributed by atoms with Crippen LogP contribution in [0.25, 0.3) is 0 Å². The summed E-state index contributed by atoms with van der Waals surface area (Å²) in [5, 5.41) is 3.22. The number of hydrogen-bond donors (Lipinski definition) is 1. The number of sulfonamides is 1. The molecule has 0 amide bonds. The van der Waals surface area contributed by atoms with Gasteiger partial charge in [-0.15, -0.1) is 0 Å². The molecule has 1 aromatic rings. The van der Waals surface area contributed by atoms with Crippen LogP contribution in [0.2, 0.25) is 0 Å². The third kappa shape index (κ3) is 2.41. The van der Waals surface area contributed by atoms with E-state index in [1.165, 1.54) is 9.87 Å². The SMILES string of the molecule is CC1CN(S(=O)(=O)c2ccc3c(c2)CNC3)CCO1. The van der Waals surface area contributed by atoms with Crippen LogP contribution in [-0.2, 0) is 27.8 Å². The highest BCUT2D eigenvalue weighted by Crippen LogP contribution is 2.23. The number of benzene rings is 1. The van der Waals surface area contributed by atoms with Gasteiger partial charge in [-0.25, -0.2) is 8.42 Å². The molecule has 2 aliphatic rings. The van der Waals surface area contributed by atoms with E-state index in [-0.39, 0.29) is 6.10 Å². The van der Waals surface area contributed by atoms with Gasteiger partial charge in [0.1, 0.15) is 0 Å². The molecule has 0 aromatic heterocycles. The van der Waals surface area contributed by atoms with Gasteiger partial charge >= 0.3 is 0 Å². The molecule has 6 heteroatoms. The van der Waals surface area contributed by atoms with Crippen molar-refractivity contribution < 1.29 is 13.2 Å². The topological polar surface area (TPSA) is 58.6 Å². The zero-order valence-corrected chi connectivity index (χ0v) is 11.7. The Morgan fingerprint density at radius 3 is 2.89 bits per heavy atom. The van der Waals surface area contributed by atoms with Crippen LogP contribution in [0.1, 0.15) is 18.1 Å². The average Bonchev–Trinajstić information content (AvgIpc) is 2.85. The lowest BCUT2D eigenvalue weighted by Gasteiger charge is -2.30. The number of morpholine rings is 1. The second kappa shape index (κ2) is 4.86. The van der Waals surface area contributed by atoms with E-state index in [2.05, 4.69) is 5.32 Å². The fraction of sp³-hybridized carbons (Fsp3) is 0.538. The summed E-state index contributed by atoms with van der Waals surface area (Å²) in [5.41, 5.74) is 2.27. The van der Waals surface area contributed by atoms with Gasteiger partial charge in [-0.1, -0.05) is 6.07 Å². The van der Waals surface area contributed by atoms with Gasteiger partial charge < -0.3 is 10.1 Å². The number of ether oxygens (including phenoxy) is 1. The van der Waals surface area contributed by atoms with Crippen molar-refractivity contribution in [3.8, 4) is 0 Å². The van der Waals surface area contributed by atoms with E-state index in [4.69, 9.17) is 4.74 Å². The van der Waals surface area contributed by atoms with Crippen molar-refractivity contribution in [3.63, 3.8) is 0 Å². The predicted molar refractivity (Wildman–Crippen MR) is 71.2 cm³/mol. The molecule has 3 rings (SSSR count). The first-order valence-electron chi connectivity index (χ1n) is 6.51. The molecule has 0 radical (unpaired) electrons. The molecule has 2 heterocycles. The van der Waals surface area contributed by atoms with Crippen molar-refractivity contribution >= 4 is 10.0 Å². The van der Waals surface area contributed by atoms with Gasteiger partial charge in [0.05, 0.1) is 17.6 Å². The normalized spacial score (nSPS) is 24.4. The molecule has 0 aliphatic carbocycles. The van der Waals surface area contributed by atoms with Crippen LogP contribution in [0.15, 0.2) is 23.1 Å². The maximum atomic E-state index is 12.6. The molecule has 1 N–H and O–H groups in total. The molecule has 0 spiro atoms. The third-order valence-electron chi connectivity index (χ3n) is 3.65. The lowest BCUT2D eigenvalue weighted by Crippen LogP contribution is -2.44. The molecule has 1 unspecified atom stereocenters. The summed E-state index contributed by atoms with van der Waals surface area (Å²) < 4.78 is 32.1. The minimum absolute atomic E-state index is 0.0420. The Bertz CT molecular complexity index is 586. The number of fused-ring (bicyclic) bond motifs is 1. The van der Waals surface area contributed by atoms with E-state index < -0.39 is 10.0 Å². The van der Waals surface area contributed by atoms with E-state index in [1.807, 2.05) is 13.0 Å². The summed E-state index contributed by atoms with van der Waals surface area (Å²) in [6.07, 6.45) is -0.0420. The number of nitrogens with one attached hydrogen (secondary N) is 1. The fourth-order valence-corrected chi connectivity index (χ4v) is 4.14. The molecule has 1 fully saturated rings. The van der Waals surface area contributed by atoms with Gasteiger partial charge in [0.25, 0.3) is 0 Å². The Labute approximate surface area is 113 Å². The van der Waals surface area contributed by atoms with E-state index in [9.17, 15) is 8.42 Å². The summed E-state index contributed by atoms with van der Waals surface area (Å²) in [6, 6.07) is 5.41. The monoisotopic (exact) mass is 282 g/mol. The standard InChI is InChI=1S/C13H18N2O3S/c1-10-9-15(4-5-18-10)19(16,17)13-3-2-11-7-14-8-12(11)6-13/h2-3,6,10,14H,4-5,7-9H2,1H3. The Hall–Kier alpha value is -0.950. The number of rotatable bonds is 2. The number of nitrogens with zero attached hydrogens (tertiary/aromatic N) is 1. The quantitative estimate of drug-likeness (QED) is 0.867. The van der Waals surface area contributed by atoms with E-state index in [1.54, 1.807) is 12.1 Å². The maximum Gasteiger partial charge on any atom is 0.243 e. The van der Waals surface area contributed by atoms with Crippen LogP contribution in [-0.4, -0.2) is 38.5 Å². The second-order valence-electron chi connectivity index (χ2n) is 5.08. The van der Waals surface area contributed by atoms with E-state index in [0.29, 0.717) is 24.6 Å². The largest absolute Gasteiger partial charge is 0.376 e. The maximum absolute atomic E-state index is 12.6. The van der Waals surface area contributed by atoms with E-state index >= 15 is 0 Å². The van der Waals surface area contributed by atoms with Crippen LogP contribution in [0.4, 0.5) is 0 Å². The van der Waals surface area contributed by atoms with Crippen molar-refractivity contribution in [3.05, 3.63) is 29.3 Å². The van der Waals surface area contributed by atoms with Crippen LogP contribution >= 0.6 is 0 Å². The fourth-order valence-electron chi connectivity index (χ4n) is 2.59.